The third-order valence-electron chi connectivity index (χ3n) is 8.03. The fraction of sp³-hybridized carbons (Fsp3) is 0.400. The van der Waals surface area contributed by atoms with Crippen LogP contribution in [0.1, 0.15) is 55.2 Å². The molecular formula is C30H33ClN6. The van der Waals surface area contributed by atoms with E-state index in [0.29, 0.717) is 28.5 Å². The molecule has 1 unspecified atom stereocenters. The van der Waals surface area contributed by atoms with Gasteiger partial charge in [-0.05, 0) is 80.3 Å². The first-order valence-corrected chi connectivity index (χ1v) is 13.8. The van der Waals surface area contributed by atoms with E-state index in [-0.39, 0.29) is 0 Å². The maximum Gasteiger partial charge on any atom is 0.227 e. The normalized spacial score (nSPS) is 21.0. The number of aryl methyl sites for hydroxylation is 1. The third-order valence-corrected chi connectivity index (χ3v) is 8.30. The van der Waals surface area contributed by atoms with Gasteiger partial charge in [0.25, 0.3) is 0 Å². The van der Waals surface area contributed by atoms with E-state index in [4.69, 9.17) is 16.6 Å². The second-order valence-corrected chi connectivity index (χ2v) is 11.9. The molecule has 3 N–H and O–H groups in total. The van der Waals surface area contributed by atoms with Crippen molar-refractivity contribution in [2.24, 2.45) is 0 Å². The van der Waals surface area contributed by atoms with Crippen molar-refractivity contribution in [2.45, 2.75) is 63.6 Å². The van der Waals surface area contributed by atoms with Gasteiger partial charge in [-0.1, -0.05) is 29.8 Å². The Kier molecular flexibility index (Phi) is 5.54. The van der Waals surface area contributed by atoms with Crippen LogP contribution in [0.3, 0.4) is 0 Å². The lowest BCUT2D eigenvalue weighted by Gasteiger charge is -2.38. The molecule has 1 saturated heterocycles. The number of H-pyrrole nitrogens is 1. The molecule has 3 heterocycles. The van der Waals surface area contributed by atoms with Gasteiger partial charge in [-0.25, -0.2) is 9.97 Å². The minimum absolute atomic E-state index is 0.363. The lowest BCUT2D eigenvalue weighted by Crippen LogP contribution is -2.56. The van der Waals surface area contributed by atoms with Crippen molar-refractivity contribution in [2.75, 3.05) is 18.4 Å². The molecule has 1 atom stereocenters. The van der Waals surface area contributed by atoms with Crippen LogP contribution >= 0.6 is 11.6 Å². The number of hydrogen-bond acceptors (Lipinski definition) is 5. The molecule has 37 heavy (non-hydrogen) atoms. The smallest absolute Gasteiger partial charge is 0.227 e. The van der Waals surface area contributed by atoms with Crippen LogP contribution in [0.4, 0.5) is 11.6 Å². The van der Waals surface area contributed by atoms with Gasteiger partial charge in [0.05, 0.1) is 16.9 Å². The summed E-state index contributed by atoms with van der Waals surface area (Å²) < 4.78 is 0. The zero-order chi connectivity index (χ0) is 25.1. The van der Waals surface area contributed by atoms with Crippen LogP contribution in [0.5, 0.6) is 0 Å². The summed E-state index contributed by atoms with van der Waals surface area (Å²) in [5, 5.41) is 8.97. The van der Waals surface area contributed by atoms with Gasteiger partial charge in [-0.15, -0.1) is 0 Å². The maximum atomic E-state index is 6.59. The molecule has 1 spiro atoms. The minimum atomic E-state index is 0.363. The summed E-state index contributed by atoms with van der Waals surface area (Å²) in [5.74, 6) is 1.24. The number of rotatable bonds is 6. The molecule has 6 nitrogen and oxygen atoms in total. The van der Waals surface area contributed by atoms with E-state index < -0.39 is 0 Å². The molecule has 0 bridgehead atoms. The molecular weight excluding hydrogens is 480 g/mol. The van der Waals surface area contributed by atoms with E-state index >= 15 is 0 Å². The Morgan fingerprint density at radius 2 is 2.03 bits per heavy atom. The quantitative estimate of drug-likeness (QED) is 0.274. The molecule has 0 radical (unpaired) electrons. The summed E-state index contributed by atoms with van der Waals surface area (Å²) in [7, 11) is 0. The van der Waals surface area contributed by atoms with Gasteiger partial charge in [-0.2, -0.15) is 0 Å². The van der Waals surface area contributed by atoms with Crippen LogP contribution < -0.4 is 10.6 Å². The fourth-order valence-corrected chi connectivity index (χ4v) is 6.23. The van der Waals surface area contributed by atoms with Crippen molar-refractivity contribution in [3.8, 4) is 11.3 Å². The van der Waals surface area contributed by atoms with Gasteiger partial charge in [0, 0.05) is 59.6 Å². The molecule has 4 aromatic rings. The van der Waals surface area contributed by atoms with E-state index in [2.05, 4.69) is 75.7 Å². The Morgan fingerprint density at radius 3 is 2.84 bits per heavy atom. The largest absolute Gasteiger partial charge is 0.360 e. The molecule has 0 amide bonds. The number of halogens is 1. The summed E-state index contributed by atoms with van der Waals surface area (Å²) in [5.41, 5.74) is 8.20. The number of aromatic amines is 1. The second-order valence-electron chi connectivity index (χ2n) is 11.5. The van der Waals surface area contributed by atoms with Gasteiger partial charge in [-0.3, -0.25) is 4.90 Å². The summed E-state index contributed by atoms with van der Waals surface area (Å²) in [6.07, 6.45) is 8.83. The van der Waals surface area contributed by atoms with Crippen molar-refractivity contribution in [1.82, 2.24) is 25.2 Å². The number of anilines is 2. The first kappa shape index (κ1) is 23.2. The van der Waals surface area contributed by atoms with Crippen molar-refractivity contribution < 1.29 is 0 Å². The number of nitrogens with zero attached hydrogens (tertiary/aromatic N) is 3. The lowest BCUT2D eigenvalue weighted by atomic mass is 10.0. The highest BCUT2D eigenvalue weighted by Gasteiger charge is 2.47. The zero-order valence-electron chi connectivity index (χ0n) is 21.4. The molecule has 7 heteroatoms. The standard InChI is InChI=1S/C30H33ClN6/c1-18-3-6-24-25(13-32-27(24)9-18)28-26(31)14-33-29(35-28)34-23-11-20(10-22(12-23)21-4-5-21)16-37-15-19(2)36-30(17-37)7-8-30/h3,6,9-14,19,21,32,36H,4-5,7-8,15-17H2,1-2H3,(H,33,34,35). The van der Waals surface area contributed by atoms with E-state index in [1.807, 2.05) is 6.20 Å². The van der Waals surface area contributed by atoms with E-state index in [9.17, 15) is 0 Å². The van der Waals surface area contributed by atoms with Gasteiger partial charge >= 0.3 is 0 Å². The van der Waals surface area contributed by atoms with Gasteiger partial charge < -0.3 is 15.6 Å². The van der Waals surface area contributed by atoms with Crippen LogP contribution in [-0.2, 0) is 6.54 Å². The van der Waals surface area contributed by atoms with Crippen LogP contribution in [0.15, 0.2) is 48.8 Å². The zero-order valence-corrected chi connectivity index (χ0v) is 22.2. The number of hydrogen-bond donors (Lipinski definition) is 3. The number of benzene rings is 2. The summed E-state index contributed by atoms with van der Waals surface area (Å²) in [4.78, 5) is 15.4. The van der Waals surface area contributed by atoms with Gasteiger partial charge in [0.2, 0.25) is 5.95 Å². The van der Waals surface area contributed by atoms with Crippen LogP contribution in [0.2, 0.25) is 5.02 Å². The summed E-state index contributed by atoms with van der Waals surface area (Å²) >= 11 is 6.59. The minimum Gasteiger partial charge on any atom is -0.360 e. The van der Waals surface area contributed by atoms with Crippen molar-refractivity contribution >= 4 is 34.1 Å². The molecule has 3 aliphatic rings. The molecule has 2 aromatic heterocycles. The Hall–Kier alpha value is -2.93. The number of fused-ring (bicyclic) bond motifs is 1. The van der Waals surface area contributed by atoms with E-state index in [0.717, 1.165) is 47.5 Å². The molecule has 1 aliphatic heterocycles. The van der Waals surface area contributed by atoms with Crippen molar-refractivity contribution in [1.29, 1.82) is 0 Å². The number of nitrogens with one attached hydrogen (secondary N) is 3. The maximum absolute atomic E-state index is 6.59. The number of piperazine rings is 1. The average Bonchev–Trinajstić information content (AvgIpc) is 3.79. The third kappa shape index (κ3) is 4.74. The molecule has 2 aromatic carbocycles. The lowest BCUT2D eigenvalue weighted by molar-refractivity contribution is 0.149. The van der Waals surface area contributed by atoms with E-state index in [1.54, 1.807) is 6.20 Å². The first-order valence-electron chi connectivity index (χ1n) is 13.4. The average molecular weight is 513 g/mol. The molecule has 2 aliphatic carbocycles. The predicted octanol–water partition coefficient (Wildman–Crippen LogP) is 6.53. The monoisotopic (exact) mass is 512 g/mol. The van der Waals surface area contributed by atoms with E-state index in [1.165, 1.54) is 42.4 Å². The Morgan fingerprint density at radius 1 is 1.16 bits per heavy atom. The summed E-state index contributed by atoms with van der Waals surface area (Å²) in [6.45, 7) is 7.61. The van der Waals surface area contributed by atoms with Gasteiger partial charge in [0.15, 0.2) is 0 Å². The predicted molar refractivity (Wildman–Crippen MR) is 151 cm³/mol. The molecule has 7 rings (SSSR count). The first-order chi connectivity index (χ1) is 17.9. The Balaban J connectivity index is 1.18. The van der Waals surface area contributed by atoms with Crippen LogP contribution in [-0.4, -0.2) is 44.5 Å². The Bertz CT molecular complexity index is 1480. The van der Waals surface area contributed by atoms with Crippen LogP contribution in [0, 0.1) is 6.92 Å². The van der Waals surface area contributed by atoms with Crippen molar-refractivity contribution in [3.63, 3.8) is 0 Å². The van der Waals surface area contributed by atoms with Gasteiger partial charge in [0.1, 0.15) is 0 Å². The van der Waals surface area contributed by atoms with Crippen molar-refractivity contribution in [3.05, 3.63) is 70.5 Å². The number of aromatic nitrogens is 3. The highest BCUT2D eigenvalue weighted by atomic mass is 35.5. The topological polar surface area (TPSA) is 68.9 Å². The Labute approximate surface area is 222 Å². The SMILES string of the molecule is Cc1ccc2c(-c3nc(Nc4cc(CN5CC(C)NC6(CC6)C5)cc(C5CC5)c4)ncc3Cl)c[nH]c2c1. The molecule has 190 valence electrons. The molecule has 2 saturated carbocycles. The fourth-order valence-electron chi connectivity index (χ4n) is 6.04. The highest BCUT2D eigenvalue weighted by molar-refractivity contribution is 6.33. The van der Waals surface area contributed by atoms with Crippen LogP contribution in [0.25, 0.3) is 22.2 Å². The highest BCUT2D eigenvalue weighted by Crippen LogP contribution is 2.42. The second kappa shape index (κ2) is 8.83. The molecule has 3 fully saturated rings. The summed E-state index contributed by atoms with van der Waals surface area (Å²) in [6, 6.07) is 13.9.